The van der Waals surface area contributed by atoms with Crippen molar-refractivity contribution in [1.82, 2.24) is 25.2 Å². The van der Waals surface area contributed by atoms with Gasteiger partial charge in [0.05, 0.1) is 24.5 Å². The molecule has 3 saturated carbocycles. The van der Waals surface area contributed by atoms with Crippen molar-refractivity contribution >= 4 is 50.8 Å². The molecule has 58 heavy (non-hydrogen) atoms. The number of allylic oxidation sites excluding steroid dienone is 1. The van der Waals surface area contributed by atoms with Gasteiger partial charge >= 0.3 is 6.09 Å². The first-order valence-corrected chi connectivity index (χ1v) is 21.9. The lowest BCUT2D eigenvalue weighted by molar-refractivity contribution is -0.142. The number of H-pyrrole nitrogens is 1. The van der Waals surface area contributed by atoms with Crippen LogP contribution in [0.1, 0.15) is 97.5 Å². The number of hydrogen-bond donors (Lipinski definition) is 4. The van der Waals surface area contributed by atoms with E-state index in [1.807, 2.05) is 39.8 Å². The normalized spacial score (nSPS) is 25.2. The number of likely N-dealkylation sites (tertiary alicyclic amines) is 1. The number of alkyl carbamates (subject to hydrolysis) is 1. The van der Waals surface area contributed by atoms with Gasteiger partial charge in [0.2, 0.25) is 21.8 Å². The summed E-state index contributed by atoms with van der Waals surface area (Å²) in [5.41, 5.74) is -1.07. The summed E-state index contributed by atoms with van der Waals surface area (Å²) >= 11 is 0. The lowest BCUT2D eigenvalue weighted by Crippen LogP contribution is -2.60. The van der Waals surface area contributed by atoms with Gasteiger partial charge in [-0.05, 0) is 82.1 Å². The van der Waals surface area contributed by atoms with Crippen molar-refractivity contribution < 1.29 is 41.8 Å². The van der Waals surface area contributed by atoms with Crippen LogP contribution in [0.25, 0.3) is 17.0 Å². The number of sulfonamides is 1. The van der Waals surface area contributed by atoms with Crippen LogP contribution in [0.3, 0.4) is 0 Å². The molecular formula is C42H57N5O10S. The SMILES string of the molecule is C=CC1C[C@]1(NC(=O)[C@@H]1CCCN1C(=O)[C@@H](NC(=O)O[C@H]1CCCC[C@@H]1C/C=C/c1cc2c(=O)cc(OCC)[nH]c2cc1OC)C(C)(C)C)C(=O)NS(=O)(=O)C1CC1. The second-order valence-corrected chi connectivity index (χ2v) is 19.0. The molecule has 2 aromatic rings. The van der Waals surface area contributed by atoms with E-state index in [4.69, 9.17) is 14.2 Å². The van der Waals surface area contributed by atoms with Crippen LogP contribution < -0.4 is 30.3 Å². The average molecular weight is 824 g/mol. The molecule has 4 amide bonds. The maximum atomic E-state index is 14.2. The molecule has 16 heteroatoms. The Labute approximate surface area is 339 Å². The summed E-state index contributed by atoms with van der Waals surface area (Å²) in [6, 6.07) is 3.02. The quantitative estimate of drug-likeness (QED) is 0.183. The second-order valence-electron chi connectivity index (χ2n) is 17.0. The smallest absolute Gasteiger partial charge is 0.408 e. The topological polar surface area (TPSA) is 202 Å². The predicted molar refractivity (Wildman–Crippen MR) is 219 cm³/mol. The molecule has 4 fully saturated rings. The lowest BCUT2D eigenvalue weighted by atomic mass is 9.84. The molecule has 1 aromatic heterocycles. The van der Waals surface area contributed by atoms with Crippen LogP contribution in [0, 0.1) is 17.3 Å². The van der Waals surface area contributed by atoms with Crippen molar-refractivity contribution in [1.29, 1.82) is 0 Å². The summed E-state index contributed by atoms with van der Waals surface area (Å²) in [5.74, 6) is -1.30. The highest BCUT2D eigenvalue weighted by Crippen LogP contribution is 2.45. The molecule has 1 aliphatic heterocycles. The van der Waals surface area contributed by atoms with E-state index in [0.29, 0.717) is 67.7 Å². The Bertz CT molecular complexity index is 2120. The molecule has 15 nitrogen and oxygen atoms in total. The number of carbonyl (C=O) groups is 4. The fourth-order valence-electron chi connectivity index (χ4n) is 8.20. The van der Waals surface area contributed by atoms with Gasteiger partial charge in [0.15, 0.2) is 11.3 Å². The van der Waals surface area contributed by atoms with E-state index in [1.165, 1.54) is 17.0 Å². The first-order chi connectivity index (χ1) is 27.5. The first kappa shape index (κ1) is 42.7. The van der Waals surface area contributed by atoms with Gasteiger partial charge in [0.25, 0.3) is 5.91 Å². The Morgan fingerprint density at radius 3 is 2.47 bits per heavy atom. The second kappa shape index (κ2) is 17.2. The molecule has 2 heterocycles. The molecule has 0 spiro atoms. The minimum atomic E-state index is -3.85. The van der Waals surface area contributed by atoms with Crippen molar-refractivity contribution in [2.24, 2.45) is 17.3 Å². The Balaban J connectivity index is 1.10. The molecule has 6 atom stereocenters. The Kier molecular flexibility index (Phi) is 12.6. The molecule has 1 aromatic carbocycles. The third kappa shape index (κ3) is 9.37. The molecule has 4 N–H and O–H groups in total. The van der Waals surface area contributed by atoms with E-state index in [-0.39, 0.29) is 24.3 Å². The number of methoxy groups -OCH3 is 1. The fourth-order valence-corrected chi connectivity index (χ4v) is 9.57. The third-order valence-corrected chi connectivity index (χ3v) is 13.6. The van der Waals surface area contributed by atoms with Crippen LogP contribution in [0.2, 0.25) is 0 Å². The van der Waals surface area contributed by atoms with Crippen molar-refractivity contribution in [2.75, 3.05) is 20.3 Å². The number of benzene rings is 1. The summed E-state index contributed by atoms with van der Waals surface area (Å²) < 4.78 is 44.4. The van der Waals surface area contributed by atoms with E-state index < -0.39 is 74.1 Å². The zero-order valence-electron chi connectivity index (χ0n) is 34.1. The number of aromatic nitrogens is 1. The Morgan fingerprint density at radius 1 is 1.07 bits per heavy atom. The van der Waals surface area contributed by atoms with Gasteiger partial charge in [0.1, 0.15) is 29.5 Å². The predicted octanol–water partition coefficient (Wildman–Crippen LogP) is 4.70. The summed E-state index contributed by atoms with van der Waals surface area (Å²) in [5, 5.41) is 5.49. The molecular weight excluding hydrogens is 767 g/mol. The standard InChI is InChI=1S/C42H57N5O10S/c1-7-27-24-42(27,39(51)46-58(53,54)28-18-19-28)45-37(49)31-16-12-20-47(31)38(50)36(41(3,4)5)44-40(52)57-33-17-10-9-13-25(33)14-11-15-26-21-29-30(22-34(26)55-6)43-35(56-8-2)23-32(29)48/h7,11,15,21-23,25,27-28,31,33,36H,1,8-10,12-14,16-20,24H2,2-6H3,(H,43,48)(H,44,52)(H,45,49)(H,46,51)/b15-11+/t25-,27?,31+,33+,36-,42-/m1/s1. The Hall–Kier alpha value is -4.86. The molecule has 316 valence electrons. The van der Waals surface area contributed by atoms with Gasteiger partial charge < -0.3 is 34.7 Å². The number of carbonyl (C=O) groups excluding carboxylic acids is 4. The zero-order chi connectivity index (χ0) is 42.0. The van der Waals surface area contributed by atoms with Gasteiger partial charge in [-0.3, -0.25) is 23.9 Å². The first-order valence-electron chi connectivity index (χ1n) is 20.3. The Morgan fingerprint density at radius 2 is 1.81 bits per heavy atom. The number of pyridine rings is 1. The minimum Gasteiger partial charge on any atom is -0.496 e. The monoisotopic (exact) mass is 823 g/mol. The van der Waals surface area contributed by atoms with Crippen molar-refractivity contribution in [3.8, 4) is 11.6 Å². The molecule has 4 aliphatic rings. The summed E-state index contributed by atoms with van der Waals surface area (Å²) in [7, 11) is -2.28. The summed E-state index contributed by atoms with van der Waals surface area (Å²) in [6.45, 7) is 11.7. The highest BCUT2D eigenvalue weighted by atomic mass is 32.2. The zero-order valence-corrected chi connectivity index (χ0v) is 34.9. The number of ether oxygens (including phenoxy) is 3. The van der Waals surface area contributed by atoms with Gasteiger partial charge in [0, 0.05) is 35.5 Å². The van der Waals surface area contributed by atoms with Crippen LogP contribution in [0.4, 0.5) is 4.79 Å². The van der Waals surface area contributed by atoms with E-state index >= 15 is 0 Å². The van der Waals surface area contributed by atoms with Crippen molar-refractivity contribution in [2.45, 2.75) is 121 Å². The van der Waals surface area contributed by atoms with Gasteiger partial charge in [-0.1, -0.05) is 45.4 Å². The summed E-state index contributed by atoms with van der Waals surface area (Å²) in [4.78, 5) is 72.3. The van der Waals surface area contributed by atoms with E-state index in [9.17, 15) is 32.4 Å². The number of amides is 4. The minimum absolute atomic E-state index is 0.0143. The number of nitrogens with zero attached hydrogens (tertiary/aromatic N) is 1. The maximum absolute atomic E-state index is 14.2. The summed E-state index contributed by atoms with van der Waals surface area (Å²) in [6.07, 6.45) is 10.3. The van der Waals surface area contributed by atoms with Crippen LogP contribution in [-0.2, 0) is 29.1 Å². The van der Waals surface area contributed by atoms with Gasteiger partial charge in [-0.15, -0.1) is 6.58 Å². The van der Waals surface area contributed by atoms with E-state index in [0.717, 1.165) is 24.8 Å². The number of rotatable bonds is 15. The number of fused-ring (bicyclic) bond motifs is 1. The number of aromatic amines is 1. The fraction of sp³-hybridized carbons (Fsp3) is 0.595. The van der Waals surface area contributed by atoms with Gasteiger partial charge in [-0.2, -0.15) is 0 Å². The third-order valence-electron chi connectivity index (χ3n) is 11.8. The largest absolute Gasteiger partial charge is 0.496 e. The maximum Gasteiger partial charge on any atom is 0.408 e. The molecule has 3 aliphatic carbocycles. The molecule has 6 rings (SSSR count). The lowest BCUT2D eigenvalue weighted by Gasteiger charge is -2.36. The van der Waals surface area contributed by atoms with Crippen molar-refractivity contribution in [3.63, 3.8) is 0 Å². The van der Waals surface area contributed by atoms with E-state index in [1.54, 1.807) is 19.2 Å². The molecule has 1 saturated heterocycles. The highest BCUT2D eigenvalue weighted by Gasteiger charge is 2.61. The molecule has 0 bridgehead atoms. The molecule has 0 radical (unpaired) electrons. The van der Waals surface area contributed by atoms with Crippen molar-refractivity contribution in [3.05, 3.63) is 52.7 Å². The van der Waals surface area contributed by atoms with Crippen LogP contribution >= 0.6 is 0 Å². The number of hydrogen-bond acceptors (Lipinski definition) is 10. The molecule has 1 unspecified atom stereocenters. The van der Waals surface area contributed by atoms with Crippen LogP contribution in [0.15, 0.2) is 41.7 Å². The van der Waals surface area contributed by atoms with E-state index in [2.05, 4.69) is 26.9 Å². The number of nitrogens with one attached hydrogen (secondary N) is 4. The van der Waals surface area contributed by atoms with Gasteiger partial charge in [-0.25, -0.2) is 13.2 Å². The highest BCUT2D eigenvalue weighted by molar-refractivity contribution is 7.91. The average Bonchev–Trinajstić information content (AvgIpc) is 4.10. The van der Waals surface area contributed by atoms with Crippen LogP contribution in [-0.4, -0.2) is 91.4 Å². The van der Waals surface area contributed by atoms with Crippen LogP contribution in [0.5, 0.6) is 11.6 Å².